The molecule has 2 heterocycles. The van der Waals surface area contributed by atoms with Crippen LogP contribution in [0, 0.1) is 0 Å². The minimum atomic E-state index is -1.30. The second-order valence-corrected chi connectivity index (χ2v) is 6.98. The van der Waals surface area contributed by atoms with Crippen LogP contribution in [0.15, 0.2) is 35.3 Å². The zero-order valence-corrected chi connectivity index (χ0v) is 16.3. The number of benzene rings is 1. The molecule has 0 spiro atoms. The maximum atomic E-state index is 12.3. The van der Waals surface area contributed by atoms with Crippen LogP contribution >= 0.6 is 0 Å². The number of H-pyrrole nitrogens is 2. The molecule has 1 amide bonds. The Hall–Kier alpha value is -2.15. The van der Waals surface area contributed by atoms with E-state index in [1.165, 1.54) is 0 Å². The monoisotopic (exact) mass is 475 g/mol. The molecule has 33 heavy (non-hydrogen) atoms. The fourth-order valence-corrected chi connectivity index (χ4v) is 3.19. The van der Waals surface area contributed by atoms with Crippen LogP contribution in [0.25, 0.3) is 11.0 Å². The number of carbonyl (C=O) groups excluding carboxylic acids is 1. The van der Waals surface area contributed by atoms with Crippen molar-refractivity contribution in [2.45, 2.75) is 31.7 Å². The number of nitrogen functional groups attached to an aromatic ring is 1. The standard InChI is InChI=1S/C20H21N5O6.2Na.2H/c21-20-24-16-15(18(29)25-20)12(9-22-16)6-3-10-1-4-11(5-2-10)17(28)23-13(19(30)31)7-8-14(26)27;;;;/h1-2,4-5,9,13H,3,6-8H2,(H,23,28)(H,26,27)(H,30,31)(H4,21,22,24,25,29);;;;. The number of hydrogen-bond donors (Lipinski definition) is 6. The molecule has 7 N–H and O–H groups in total. The molecule has 0 aliphatic carbocycles. The first-order valence-electron chi connectivity index (χ1n) is 9.44. The molecule has 13 heteroatoms. The van der Waals surface area contributed by atoms with Crippen LogP contribution in [0.3, 0.4) is 0 Å². The quantitative estimate of drug-likeness (QED) is 0.220. The molecule has 0 saturated carbocycles. The summed E-state index contributed by atoms with van der Waals surface area (Å²) in [5.74, 6) is -3.00. The Bertz CT molecular complexity index is 1190. The van der Waals surface area contributed by atoms with Gasteiger partial charge in [-0.25, -0.2) is 4.79 Å². The van der Waals surface area contributed by atoms with Crippen molar-refractivity contribution < 1.29 is 24.6 Å². The van der Waals surface area contributed by atoms with E-state index in [1.54, 1.807) is 30.5 Å². The number of aryl methyl sites for hydroxylation is 2. The number of carboxylic acid groups (broad SMARTS) is 2. The van der Waals surface area contributed by atoms with Gasteiger partial charge in [-0.3, -0.25) is 19.4 Å². The Morgan fingerprint density at radius 1 is 1.09 bits per heavy atom. The second kappa shape index (κ2) is 12.9. The fraction of sp³-hybridized carbons (Fsp3) is 0.250. The van der Waals surface area contributed by atoms with Crippen molar-refractivity contribution in [3.63, 3.8) is 0 Å². The first-order chi connectivity index (χ1) is 14.7. The first kappa shape index (κ1) is 28.9. The van der Waals surface area contributed by atoms with E-state index in [2.05, 4.69) is 20.3 Å². The van der Waals surface area contributed by atoms with Gasteiger partial charge in [-0.2, -0.15) is 4.98 Å². The second-order valence-electron chi connectivity index (χ2n) is 6.98. The molecular weight excluding hydrogens is 452 g/mol. The number of aromatic amines is 2. The predicted octanol–water partition coefficient (Wildman–Crippen LogP) is -0.631. The van der Waals surface area contributed by atoms with Gasteiger partial charge in [0.15, 0.2) is 0 Å². The Kier molecular flexibility index (Phi) is 11.3. The summed E-state index contributed by atoms with van der Waals surface area (Å²) in [5, 5.41) is 20.6. The van der Waals surface area contributed by atoms with Crippen molar-refractivity contribution in [1.29, 1.82) is 0 Å². The van der Waals surface area contributed by atoms with Gasteiger partial charge in [0, 0.05) is 18.2 Å². The van der Waals surface area contributed by atoms with E-state index in [0.717, 1.165) is 11.1 Å². The number of aliphatic carboxylic acids is 2. The molecule has 0 aliphatic heterocycles. The zero-order valence-electron chi connectivity index (χ0n) is 16.3. The van der Waals surface area contributed by atoms with E-state index in [9.17, 15) is 19.2 Å². The summed E-state index contributed by atoms with van der Waals surface area (Å²) in [4.78, 5) is 55.7. The van der Waals surface area contributed by atoms with E-state index in [4.69, 9.17) is 15.9 Å². The summed E-state index contributed by atoms with van der Waals surface area (Å²) in [6, 6.07) is 5.30. The Labute approximate surface area is 232 Å². The number of nitrogens with one attached hydrogen (secondary N) is 3. The first-order valence-corrected chi connectivity index (χ1v) is 9.44. The van der Waals surface area contributed by atoms with Crippen molar-refractivity contribution in [3.8, 4) is 0 Å². The number of rotatable bonds is 9. The van der Waals surface area contributed by atoms with Crippen LogP contribution < -0.4 is 16.6 Å². The van der Waals surface area contributed by atoms with Crippen LogP contribution in [-0.2, 0) is 22.4 Å². The number of carbonyl (C=O) groups is 3. The van der Waals surface area contributed by atoms with E-state index in [-0.39, 0.29) is 89.0 Å². The van der Waals surface area contributed by atoms with Gasteiger partial charge in [0.25, 0.3) is 11.5 Å². The predicted molar refractivity (Wildman–Crippen MR) is 125 cm³/mol. The third kappa shape index (κ3) is 7.70. The summed E-state index contributed by atoms with van der Waals surface area (Å²) >= 11 is 0. The van der Waals surface area contributed by atoms with Gasteiger partial charge in [-0.15, -0.1) is 0 Å². The molecule has 0 aliphatic rings. The summed E-state index contributed by atoms with van der Waals surface area (Å²) in [5.41, 5.74) is 7.59. The van der Waals surface area contributed by atoms with Crippen LogP contribution in [0.2, 0.25) is 0 Å². The molecule has 11 nitrogen and oxygen atoms in total. The van der Waals surface area contributed by atoms with E-state index in [1.807, 2.05) is 0 Å². The van der Waals surface area contributed by atoms with Crippen molar-refractivity contribution in [3.05, 3.63) is 57.5 Å². The molecule has 0 radical (unpaired) electrons. The number of aromatic nitrogens is 3. The Morgan fingerprint density at radius 2 is 1.76 bits per heavy atom. The number of amides is 1. The third-order valence-corrected chi connectivity index (χ3v) is 4.79. The van der Waals surface area contributed by atoms with Crippen LogP contribution in [0.1, 0.15) is 34.3 Å². The van der Waals surface area contributed by atoms with Gasteiger partial charge in [-0.05, 0) is 42.5 Å². The van der Waals surface area contributed by atoms with Gasteiger partial charge in [-0.1, -0.05) is 12.1 Å². The normalized spacial score (nSPS) is 11.2. The number of nitrogens with two attached hydrogens (primary N) is 1. The number of anilines is 1. The van der Waals surface area contributed by atoms with Gasteiger partial charge in [0.1, 0.15) is 11.7 Å². The molecule has 1 unspecified atom stereocenters. The van der Waals surface area contributed by atoms with Gasteiger partial charge < -0.3 is 26.2 Å². The molecule has 3 rings (SSSR count). The Morgan fingerprint density at radius 3 is 2.36 bits per heavy atom. The summed E-state index contributed by atoms with van der Waals surface area (Å²) in [7, 11) is 0. The molecule has 0 fully saturated rings. The molecule has 1 aromatic carbocycles. The van der Waals surface area contributed by atoms with Crippen LogP contribution in [-0.4, -0.2) is 108 Å². The molecular formula is C20H23N5Na2O6. The van der Waals surface area contributed by atoms with E-state index < -0.39 is 23.9 Å². The minimum absolute atomic E-state index is 0. The van der Waals surface area contributed by atoms with Gasteiger partial charge in [0.05, 0.1) is 5.39 Å². The molecule has 1 atom stereocenters. The van der Waals surface area contributed by atoms with Crippen molar-refractivity contribution in [1.82, 2.24) is 20.3 Å². The average molecular weight is 475 g/mol. The van der Waals surface area contributed by atoms with E-state index >= 15 is 0 Å². The SMILES string of the molecule is Nc1nc2[nH]cc(CCc3ccc(C(=O)NC(CCC(=O)O)C(=O)O)cc3)c2c(=O)[nH]1.[NaH].[NaH]. The van der Waals surface area contributed by atoms with Crippen LogP contribution in [0.4, 0.5) is 5.95 Å². The molecule has 166 valence electrons. The van der Waals surface area contributed by atoms with E-state index in [0.29, 0.717) is 23.9 Å². The van der Waals surface area contributed by atoms with Crippen molar-refractivity contribution in [2.75, 3.05) is 5.73 Å². The van der Waals surface area contributed by atoms with Gasteiger partial charge in [0.2, 0.25) is 5.95 Å². The number of carboxylic acids is 2. The molecule has 0 saturated heterocycles. The number of nitrogens with zero attached hydrogens (tertiary/aromatic N) is 1. The molecule has 2 aromatic heterocycles. The Balaban J connectivity index is 0.00000272. The molecule has 0 bridgehead atoms. The topological polar surface area (TPSA) is 191 Å². The summed E-state index contributed by atoms with van der Waals surface area (Å²) in [6.45, 7) is 0. The molecule has 3 aromatic rings. The number of fused-ring (bicyclic) bond motifs is 1. The maximum absolute atomic E-state index is 12.3. The summed E-state index contributed by atoms with van der Waals surface area (Å²) < 4.78 is 0. The number of hydrogen-bond acceptors (Lipinski definition) is 6. The van der Waals surface area contributed by atoms with Crippen molar-refractivity contribution >= 4 is 93.9 Å². The third-order valence-electron chi connectivity index (χ3n) is 4.79. The zero-order chi connectivity index (χ0) is 22.5. The summed E-state index contributed by atoms with van der Waals surface area (Å²) in [6.07, 6.45) is 2.27. The average Bonchev–Trinajstić information content (AvgIpc) is 3.12. The van der Waals surface area contributed by atoms with Crippen molar-refractivity contribution in [2.24, 2.45) is 0 Å². The van der Waals surface area contributed by atoms with Crippen LogP contribution in [0.5, 0.6) is 0 Å². The van der Waals surface area contributed by atoms with Gasteiger partial charge >= 0.3 is 71.1 Å². The fourth-order valence-electron chi connectivity index (χ4n) is 3.19.